The van der Waals surface area contributed by atoms with Gasteiger partial charge in [-0.15, -0.1) is 13.5 Å². The smallest absolute Gasteiger partial charge is 0.243 e. The monoisotopic (exact) mass is 140 g/mol. The lowest BCUT2D eigenvalue weighted by Gasteiger charge is -2.20. The number of rotatable bonds is 0. The van der Waals surface area contributed by atoms with Crippen molar-refractivity contribution in [2.24, 2.45) is 0 Å². The molecule has 0 bridgehead atoms. The summed E-state index contributed by atoms with van der Waals surface area (Å²) in [7, 11) is 0. The van der Waals surface area contributed by atoms with E-state index in [9.17, 15) is 14.4 Å². The van der Waals surface area contributed by atoms with E-state index >= 15 is 0 Å². The van der Waals surface area contributed by atoms with Crippen molar-refractivity contribution in [2.75, 3.05) is 0 Å². The molecule has 10 heavy (non-hydrogen) atoms. The lowest BCUT2D eigenvalue weighted by molar-refractivity contribution is 0.222. The molecule has 0 saturated heterocycles. The summed E-state index contributed by atoms with van der Waals surface area (Å²) >= 11 is 0. The second-order valence-electron chi connectivity index (χ2n) is 2.05. The van der Waals surface area contributed by atoms with Crippen molar-refractivity contribution in [1.29, 1.82) is 0 Å². The summed E-state index contributed by atoms with van der Waals surface area (Å²) in [5.74, 6) is 0. The van der Waals surface area contributed by atoms with Gasteiger partial charge in [-0.3, -0.25) is 0 Å². The van der Waals surface area contributed by atoms with Gasteiger partial charge >= 0.3 is 17.1 Å². The SMILES string of the molecule is O=c1n2c(=O)n3c(=O)n1n23. The lowest BCUT2D eigenvalue weighted by Crippen LogP contribution is -2.71. The van der Waals surface area contributed by atoms with Gasteiger partial charge in [0.25, 0.3) is 0 Å². The maximum atomic E-state index is 10.6. The van der Waals surface area contributed by atoms with Gasteiger partial charge in [0.1, 0.15) is 0 Å². The third-order valence-electron chi connectivity index (χ3n) is 1.62. The molecule has 0 aliphatic carbocycles. The molecule has 3 aromatic heterocycles. The Hall–Kier alpha value is -1.79. The van der Waals surface area contributed by atoms with Crippen molar-refractivity contribution in [3.05, 3.63) is 31.5 Å². The second-order valence-corrected chi connectivity index (χ2v) is 2.05. The van der Waals surface area contributed by atoms with Gasteiger partial charge in [0.05, 0.1) is 0 Å². The largest absolute Gasteiger partial charge is 0.381 e. The van der Waals surface area contributed by atoms with E-state index in [4.69, 9.17) is 0 Å². The first-order chi connectivity index (χ1) is 4.73. The van der Waals surface area contributed by atoms with Crippen LogP contribution in [0.4, 0.5) is 0 Å². The van der Waals surface area contributed by atoms with Crippen molar-refractivity contribution < 1.29 is 0 Å². The van der Waals surface area contributed by atoms with E-state index in [-0.39, 0.29) is 0 Å². The number of nitrogens with zero attached hydrogens (tertiary/aromatic N) is 4. The molecule has 0 amide bonds. The molecule has 0 aliphatic heterocycles. The molecule has 0 radical (unpaired) electrons. The molecule has 0 saturated carbocycles. The van der Waals surface area contributed by atoms with Crippen LogP contribution in [0.2, 0.25) is 0 Å². The number of hydrogen-bond donors (Lipinski definition) is 0. The van der Waals surface area contributed by atoms with Crippen molar-refractivity contribution in [3.8, 4) is 0 Å². The molecule has 0 unspecified atom stereocenters. The van der Waals surface area contributed by atoms with Gasteiger partial charge in [-0.1, -0.05) is 4.74 Å². The number of aromatic nitrogens is 4. The lowest BCUT2D eigenvalue weighted by atomic mass is 10.9. The summed E-state index contributed by atoms with van der Waals surface area (Å²) in [6, 6.07) is 0. The molecule has 0 aliphatic rings. The highest BCUT2D eigenvalue weighted by Crippen LogP contribution is 1.79. The van der Waals surface area contributed by atoms with Crippen LogP contribution in [0.5, 0.6) is 0 Å². The molecule has 3 aromatic rings. The van der Waals surface area contributed by atoms with Crippen LogP contribution in [0, 0.1) is 0 Å². The first-order valence-corrected chi connectivity index (χ1v) is 2.55. The fourth-order valence-corrected chi connectivity index (χ4v) is 1.13. The van der Waals surface area contributed by atoms with Crippen LogP contribution in [0.25, 0.3) is 0 Å². The quantitative estimate of drug-likeness (QED) is 0.330. The highest BCUT2D eigenvalue weighted by molar-refractivity contribution is 4.85. The van der Waals surface area contributed by atoms with Crippen LogP contribution in [-0.4, -0.2) is 18.3 Å². The Morgan fingerprint density at radius 1 is 0.700 bits per heavy atom. The zero-order valence-electron chi connectivity index (χ0n) is 4.51. The Balaban J connectivity index is 3.02. The summed E-state index contributed by atoms with van der Waals surface area (Å²) in [5.41, 5.74) is -1.67. The van der Waals surface area contributed by atoms with E-state index in [1.54, 1.807) is 0 Å². The minimum Gasteiger partial charge on any atom is -0.243 e. The van der Waals surface area contributed by atoms with Crippen molar-refractivity contribution in [3.63, 3.8) is 0 Å². The average Bonchev–Trinajstić information content (AvgIpc) is 1.83. The van der Waals surface area contributed by atoms with E-state index in [1.807, 2.05) is 0 Å². The van der Waals surface area contributed by atoms with Gasteiger partial charge in [0.2, 0.25) is 0 Å². The summed E-state index contributed by atoms with van der Waals surface area (Å²) in [4.78, 5) is 31.9. The number of hydrogen-bond acceptors (Lipinski definition) is 3. The zero-order chi connectivity index (χ0) is 7.04. The predicted octanol–water partition coefficient (Wildman–Crippen LogP) is -3.22. The molecule has 3 heterocycles. The molecule has 0 aromatic carbocycles. The van der Waals surface area contributed by atoms with Crippen LogP contribution in [0.1, 0.15) is 0 Å². The molecule has 0 N–H and O–H groups in total. The van der Waals surface area contributed by atoms with Crippen LogP contribution in [-0.2, 0) is 0 Å². The summed E-state index contributed by atoms with van der Waals surface area (Å²) in [5, 5.41) is 0. The normalized spacial score (nSPS) is 13.2. The predicted molar refractivity (Wildman–Crippen MR) is 27.6 cm³/mol. The van der Waals surface area contributed by atoms with Crippen LogP contribution >= 0.6 is 0 Å². The van der Waals surface area contributed by atoms with Gasteiger partial charge in [-0.25, -0.2) is 14.4 Å². The van der Waals surface area contributed by atoms with Gasteiger partial charge in [0.15, 0.2) is 0 Å². The Bertz CT molecular complexity index is 508. The van der Waals surface area contributed by atoms with Crippen LogP contribution in [0.15, 0.2) is 14.4 Å². The maximum absolute atomic E-state index is 10.6. The minimum absolute atomic E-state index is 0.558. The Morgan fingerprint density at radius 2 is 1.00 bits per heavy atom. The fraction of sp³-hybridized carbons (Fsp3) is 0. The van der Waals surface area contributed by atoms with E-state index in [2.05, 4.69) is 0 Å². The fourth-order valence-electron chi connectivity index (χ4n) is 1.13. The van der Waals surface area contributed by atoms with Crippen molar-refractivity contribution >= 4 is 0 Å². The molecule has 3 rings (SSSR count). The average molecular weight is 140 g/mol. The molecule has 0 atom stereocenters. The highest BCUT2D eigenvalue weighted by Gasteiger charge is 2.29. The van der Waals surface area contributed by atoms with E-state index < -0.39 is 17.1 Å². The summed E-state index contributed by atoms with van der Waals surface area (Å²) in [6.45, 7) is 0. The van der Waals surface area contributed by atoms with E-state index in [0.717, 1.165) is 13.5 Å². The third-order valence-corrected chi connectivity index (χ3v) is 1.62. The Labute approximate surface area is 50.9 Å². The molecule has 50 valence electrons. The van der Waals surface area contributed by atoms with Gasteiger partial charge in [-0.2, -0.15) is 0 Å². The molecule has 7 nitrogen and oxygen atoms in total. The molecular weight excluding hydrogens is 140 g/mol. The second kappa shape index (κ2) is 0.753. The maximum Gasteiger partial charge on any atom is 0.381 e. The van der Waals surface area contributed by atoms with Crippen molar-refractivity contribution in [2.45, 2.75) is 0 Å². The van der Waals surface area contributed by atoms with Gasteiger partial charge in [-0.05, 0) is 0 Å². The summed E-state index contributed by atoms with van der Waals surface area (Å²) in [6.07, 6.45) is 0. The zero-order valence-corrected chi connectivity index (χ0v) is 4.51. The van der Waals surface area contributed by atoms with Gasteiger partial charge < -0.3 is 0 Å². The topological polar surface area (TPSA) is 68.8 Å². The molecule has 0 fully saturated rings. The first kappa shape index (κ1) is 4.09. The minimum atomic E-state index is -0.558. The molecular formula is C3N4O3. The third kappa shape index (κ3) is 0.144. The molecule has 0 spiro atoms. The van der Waals surface area contributed by atoms with E-state index in [0.29, 0.717) is 0 Å². The molecule has 7 heteroatoms. The van der Waals surface area contributed by atoms with Gasteiger partial charge in [0, 0.05) is 0 Å². The first-order valence-electron chi connectivity index (χ1n) is 2.55. The van der Waals surface area contributed by atoms with Crippen molar-refractivity contribution in [1.82, 2.24) is 18.3 Å². The standard InChI is InChI=1S/C3N4O3/c8-1-4-2(9)6-3(10)5(1)7(4)6. The van der Waals surface area contributed by atoms with E-state index in [1.165, 1.54) is 4.74 Å². The Morgan fingerprint density at radius 3 is 1.20 bits per heavy atom. The Kier molecular flexibility index (Phi) is 0.308. The highest BCUT2D eigenvalue weighted by atomic mass is 16.2. The summed E-state index contributed by atoms with van der Waals surface area (Å²) < 4.78 is 3.80. The van der Waals surface area contributed by atoms with Crippen LogP contribution in [0.3, 0.4) is 0 Å². The van der Waals surface area contributed by atoms with Crippen LogP contribution < -0.4 is 17.1 Å².